The summed E-state index contributed by atoms with van der Waals surface area (Å²) in [5, 5.41) is 0. The van der Waals surface area contributed by atoms with E-state index in [1.165, 1.54) is 36.1 Å². The smallest absolute Gasteiger partial charge is 0.0323 e. The maximum atomic E-state index is 6.06. The van der Waals surface area contributed by atoms with Gasteiger partial charge in [-0.2, -0.15) is 0 Å². The predicted octanol–water partition coefficient (Wildman–Crippen LogP) is 2.79. The Kier molecular flexibility index (Phi) is 3.85. The molecule has 17 heavy (non-hydrogen) atoms. The van der Waals surface area contributed by atoms with Crippen molar-refractivity contribution >= 4 is 0 Å². The molecule has 2 N–H and O–H groups in total. The molecule has 0 aromatic heterocycles. The largest absolute Gasteiger partial charge is 0.327 e. The van der Waals surface area contributed by atoms with Gasteiger partial charge in [0.25, 0.3) is 0 Å². The highest BCUT2D eigenvalue weighted by Gasteiger charge is 2.22. The van der Waals surface area contributed by atoms with Crippen LogP contribution < -0.4 is 5.73 Å². The molecule has 2 unspecified atom stereocenters. The van der Waals surface area contributed by atoms with Crippen LogP contribution in [0, 0.1) is 13.8 Å². The van der Waals surface area contributed by atoms with Crippen molar-refractivity contribution in [3.05, 3.63) is 34.9 Å². The predicted molar refractivity (Wildman–Crippen MR) is 73.1 cm³/mol. The average Bonchev–Trinajstić information content (AvgIpc) is 2.28. The van der Waals surface area contributed by atoms with E-state index in [1.54, 1.807) is 0 Å². The topological polar surface area (TPSA) is 29.3 Å². The van der Waals surface area contributed by atoms with Gasteiger partial charge in [-0.3, -0.25) is 4.90 Å². The van der Waals surface area contributed by atoms with Crippen molar-refractivity contribution in [1.82, 2.24) is 4.90 Å². The Labute approximate surface area is 105 Å². The Morgan fingerprint density at radius 2 is 2.12 bits per heavy atom. The Bertz CT molecular complexity index is 387. The summed E-state index contributed by atoms with van der Waals surface area (Å²) in [6, 6.07) is 7.60. The van der Waals surface area contributed by atoms with Crippen molar-refractivity contribution in [2.75, 3.05) is 13.1 Å². The molecule has 2 atom stereocenters. The number of likely N-dealkylation sites (tertiary alicyclic amines) is 1. The van der Waals surface area contributed by atoms with Gasteiger partial charge in [0, 0.05) is 18.6 Å². The quantitative estimate of drug-likeness (QED) is 0.849. The summed E-state index contributed by atoms with van der Waals surface area (Å²) < 4.78 is 0. The van der Waals surface area contributed by atoms with E-state index in [0.29, 0.717) is 12.1 Å². The van der Waals surface area contributed by atoms with Gasteiger partial charge in [-0.05, 0) is 51.3 Å². The minimum Gasteiger partial charge on any atom is -0.327 e. The highest BCUT2D eigenvalue weighted by atomic mass is 15.2. The number of nitrogens with zero attached hydrogens (tertiary/aromatic N) is 1. The van der Waals surface area contributed by atoms with E-state index in [-0.39, 0.29) is 0 Å². The zero-order valence-electron chi connectivity index (χ0n) is 11.2. The molecule has 2 heteroatoms. The summed E-state index contributed by atoms with van der Waals surface area (Å²) >= 11 is 0. The summed E-state index contributed by atoms with van der Waals surface area (Å²) in [4.78, 5) is 2.52. The number of nitrogens with two attached hydrogens (primary N) is 1. The van der Waals surface area contributed by atoms with Crippen molar-refractivity contribution in [2.24, 2.45) is 5.73 Å². The first-order valence-electron chi connectivity index (χ1n) is 6.64. The maximum absolute atomic E-state index is 6.06. The first-order valence-corrected chi connectivity index (χ1v) is 6.64. The molecule has 0 amide bonds. The fourth-order valence-corrected chi connectivity index (χ4v) is 2.88. The van der Waals surface area contributed by atoms with Crippen LogP contribution in [0.25, 0.3) is 0 Å². The van der Waals surface area contributed by atoms with Crippen LogP contribution in [0.5, 0.6) is 0 Å². The fourth-order valence-electron chi connectivity index (χ4n) is 2.88. The molecule has 1 aromatic carbocycles. The van der Waals surface area contributed by atoms with E-state index in [4.69, 9.17) is 5.73 Å². The lowest BCUT2D eigenvalue weighted by Crippen LogP contribution is -2.43. The highest BCUT2D eigenvalue weighted by molar-refractivity contribution is 5.32. The minimum absolute atomic E-state index is 0.358. The molecule has 0 saturated carbocycles. The van der Waals surface area contributed by atoms with E-state index in [0.717, 1.165) is 6.54 Å². The zero-order valence-corrected chi connectivity index (χ0v) is 11.2. The SMILES string of the molecule is Cc1ccc(C(C)N2CCCC(N)C2)c(C)c1. The molecule has 1 heterocycles. The lowest BCUT2D eigenvalue weighted by atomic mass is 9.96. The van der Waals surface area contributed by atoms with Crippen LogP contribution in [0.15, 0.2) is 18.2 Å². The standard InChI is InChI=1S/C15H24N2/c1-11-6-7-15(12(2)9-11)13(3)17-8-4-5-14(16)10-17/h6-7,9,13-14H,4-5,8,10,16H2,1-3H3. The van der Waals surface area contributed by atoms with Gasteiger partial charge < -0.3 is 5.73 Å². The number of hydrogen-bond acceptors (Lipinski definition) is 2. The summed E-state index contributed by atoms with van der Waals surface area (Å²) in [5.74, 6) is 0. The summed E-state index contributed by atoms with van der Waals surface area (Å²) in [6.45, 7) is 8.88. The summed E-state index contributed by atoms with van der Waals surface area (Å²) in [5.41, 5.74) is 10.3. The molecule has 1 fully saturated rings. The van der Waals surface area contributed by atoms with Crippen molar-refractivity contribution in [2.45, 2.75) is 45.7 Å². The van der Waals surface area contributed by atoms with Gasteiger partial charge in [0.2, 0.25) is 0 Å². The van der Waals surface area contributed by atoms with Gasteiger partial charge in [0.15, 0.2) is 0 Å². The van der Waals surface area contributed by atoms with Gasteiger partial charge in [-0.1, -0.05) is 23.8 Å². The highest BCUT2D eigenvalue weighted by Crippen LogP contribution is 2.26. The second-order valence-corrected chi connectivity index (χ2v) is 5.43. The van der Waals surface area contributed by atoms with Crippen LogP contribution in [-0.4, -0.2) is 24.0 Å². The van der Waals surface area contributed by atoms with E-state index in [2.05, 4.69) is 43.9 Å². The minimum atomic E-state index is 0.358. The molecule has 2 nitrogen and oxygen atoms in total. The van der Waals surface area contributed by atoms with Crippen LogP contribution in [0.4, 0.5) is 0 Å². The molecule has 2 rings (SSSR count). The van der Waals surface area contributed by atoms with E-state index < -0.39 is 0 Å². The fraction of sp³-hybridized carbons (Fsp3) is 0.600. The third-order valence-electron chi connectivity index (χ3n) is 3.91. The van der Waals surface area contributed by atoms with E-state index in [9.17, 15) is 0 Å². The molecule has 1 aliphatic heterocycles. The Morgan fingerprint density at radius 3 is 2.76 bits per heavy atom. The third kappa shape index (κ3) is 2.88. The van der Waals surface area contributed by atoms with E-state index >= 15 is 0 Å². The second-order valence-electron chi connectivity index (χ2n) is 5.43. The Balaban J connectivity index is 2.15. The molecule has 94 valence electrons. The van der Waals surface area contributed by atoms with Crippen LogP contribution in [0.2, 0.25) is 0 Å². The van der Waals surface area contributed by atoms with Crippen molar-refractivity contribution in [3.8, 4) is 0 Å². The van der Waals surface area contributed by atoms with Crippen LogP contribution in [0.3, 0.4) is 0 Å². The van der Waals surface area contributed by atoms with Gasteiger partial charge in [0.1, 0.15) is 0 Å². The molecule has 0 bridgehead atoms. The first kappa shape index (κ1) is 12.6. The van der Waals surface area contributed by atoms with Crippen molar-refractivity contribution < 1.29 is 0 Å². The Morgan fingerprint density at radius 1 is 1.35 bits per heavy atom. The molecule has 1 aliphatic rings. The molecule has 1 saturated heterocycles. The zero-order chi connectivity index (χ0) is 12.4. The molecule has 0 spiro atoms. The van der Waals surface area contributed by atoms with Crippen molar-refractivity contribution in [1.29, 1.82) is 0 Å². The molecular formula is C15H24N2. The average molecular weight is 232 g/mol. The van der Waals surface area contributed by atoms with Gasteiger partial charge >= 0.3 is 0 Å². The van der Waals surface area contributed by atoms with Crippen LogP contribution in [0.1, 0.15) is 42.5 Å². The maximum Gasteiger partial charge on any atom is 0.0323 e. The summed E-state index contributed by atoms with van der Waals surface area (Å²) in [7, 11) is 0. The van der Waals surface area contributed by atoms with Crippen LogP contribution in [-0.2, 0) is 0 Å². The Hall–Kier alpha value is -0.860. The molecular weight excluding hydrogens is 208 g/mol. The number of piperidine rings is 1. The molecule has 1 aromatic rings. The monoisotopic (exact) mass is 232 g/mol. The lowest BCUT2D eigenvalue weighted by molar-refractivity contribution is 0.159. The first-order chi connectivity index (χ1) is 8.08. The lowest BCUT2D eigenvalue weighted by Gasteiger charge is -2.36. The number of benzene rings is 1. The summed E-state index contributed by atoms with van der Waals surface area (Å²) in [6.07, 6.45) is 2.41. The number of aryl methyl sites for hydroxylation is 2. The van der Waals surface area contributed by atoms with Crippen molar-refractivity contribution in [3.63, 3.8) is 0 Å². The number of hydrogen-bond donors (Lipinski definition) is 1. The number of rotatable bonds is 2. The normalized spacial score (nSPS) is 23.6. The van der Waals surface area contributed by atoms with Crippen LogP contribution >= 0.6 is 0 Å². The van der Waals surface area contributed by atoms with E-state index in [1.807, 2.05) is 0 Å². The third-order valence-corrected chi connectivity index (χ3v) is 3.91. The van der Waals surface area contributed by atoms with Gasteiger partial charge in [-0.25, -0.2) is 0 Å². The molecule has 0 radical (unpaired) electrons. The van der Waals surface area contributed by atoms with Gasteiger partial charge in [-0.15, -0.1) is 0 Å². The molecule has 0 aliphatic carbocycles. The second kappa shape index (κ2) is 5.19. The van der Waals surface area contributed by atoms with Gasteiger partial charge in [0.05, 0.1) is 0 Å².